The van der Waals surface area contributed by atoms with Crippen LogP contribution in [0.1, 0.15) is 12.2 Å². The van der Waals surface area contributed by atoms with Crippen LogP contribution in [0, 0.1) is 0 Å². The number of hydrogen-bond acceptors (Lipinski definition) is 4. The summed E-state index contributed by atoms with van der Waals surface area (Å²) >= 11 is 0. The van der Waals surface area contributed by atoms with Gasteiger partial charge in [0.1, 0.15) is 5.82 Å². The zero-order valence-corrected chi connectivity index (χ0v) is 12.5. The lowest BCUT2D eigenvalue weighted by atomic mass is 10.3. The minimum absolute atomic E-state index is 0.110. The molecular weight excluding hydrogens is 320 g/mol. The Bertz CT molecular complexity index is 693. The molecule has 21 heavy (non-hydrogen) atoms. The van der Waals surface area contributed by atoms with Gasteiger partial charge in [-0.2, -0.15) is 0 Å². The van der Waals surface area contributed by atoms with Gasteiger partial charge < -0.3 is 30.3 Å². The first-order valence-electron chi connectivity index (χ1n) is 5.88. The third-order valence-electron chi connectivity index (χ3n) is 3.18. The highest BCUT2D eigenvalue weighted by Crippen LogP contribution is 2.67. The molecular formula is C10H15N3O6P2. The summed E-state index contributed by atoms with van der Waals surface area (Å²) in [7, 11) is -10.4. The van der Waals surface area contributed by atoms with Crippen molar-refractivity contribution in [1.82, 2.24) is 9.97 Å². The van der Waals surface area contributed by atoms with Crippen molar-refractivity contribution < 1.29 is 28.7 Å². The lowest BCUT2D eigenvalue weighted by molar-refractivity contribution is 0.302. The number of para-hydroxylation sites is 2. The molecule has 0 amide bonds. The predicted octanol–water partition coefficient (Wildman–Crippen LogP) is 0.463. The van der Waals surface area contributed by atoms with Crippen molar-refractivity contribution in [3.05, 3.63) is 30.1 Å². The van der Waals surface area contributed by atoms with E-state index in [9.17, 15) is 9.13 Å². The molecule has 0 radical (unpaired) electrons. The van der Waals surface area contributed by atoms with Crippen molar-refractivity contribution >= 4 is 26.2 Å². The second-order valence-corrected chi connectivity index (χ2v) is 8.79. The van der Waals surface area contributed by atoms with Gasteiger partial charge in [0.15, 0.2) is 0 Å². The summed E-state index contributed by atoms with van der Waals surface area (Å²) in [6.07, 6.45) is -0.719. The molecule has 7 N–H and O–H groups in total. The quantitative estimate of drug-likeness (QED) is 0.428. The monoisotopic (exact) mass is 335 g/mol. The third kappa shape index (κ3) is 3.09. The number of aromatic nitrogens is 2. The maximum atomic E-state index is 11.3. The van der Waals surface area contributed by atoms with Crippen molar-refractivity contribution in [2.75, 3.05) is 0 Å². The Labute approximate surface area is 119 Å². The van der Waals surface area contributed by atoms with Gasteiger partial charge in [-0.15, -0.1) is 0 Å². The van der Waals surface area contributed by atoms with Crippen molar-refractivity contribution in [3.8, 4) is 0 Å². The van der Waals surface area contributed by atoms with Gasteiger partial charge in [-0.05, 0) is 18.6 Å². The molecule has 0 bridgehead atoms. The molecule has 0 aliphatic carbocycles. The number of hydrogen-bond donors (Lipinski definition) is 6. The maximum Gasteiger partial charge on any atom is 0.357 e. The predicted molar refractivity (Wildman–Crippen MR) is 75.4 cm³/mol. The molecule has 0 fully saturated rings. The van der Waals surface area contributed by atoms with Crippen LogP contribution in [0.3, 0.4) is 0 Å². The van der Waals surface area contributed by atoms with E-state index >= 15 is 0 Å². The fourth-order valence-electron chi connectivity index (χ4n) is 1.89. The van der Waals surface area contributed by atoms with Crippen LogP contribution in [0.5, 0.6) is 0 Å². The fraction of sp³-hybridized carbons (Fsp3) is 0.300. The number of nitrogens with two attached hydrogens (primary N) is 1. The Morgan fingerprint density at radius 1 is 1.14 bits per heavy atom. The summed E-state index contributed by atoms with van der Waals surface area (Å²) in [5, 5.41) is -2.92. The van der Waals surface area contributed by atoms with Crippen LogP contribution < -0.4 is 5.73 Å². The van der Waals surface area contributed by atoms with Gasteiger partial charge in [0.05, 0.1) is 11.0 Å². The van der Waals surface area contributed by atoms with Gasteiger partial charge in [0, 0.05) is 6.42 Å². The van der Waals surface area contributed by atoms with E-state index in [2.05, 4.69) is 9.97 Å². The number of nitrogens with one attached hydrogen (secondary N) is 1. The topological polar surface area (TPSA) is 170 Å². The number of H-pyrrole nitrogens is 1. The van der Waals surface area contributed by atoms with E-state index in [-0.39, 0.29) is 6.42 Å². The maximum absolute atomic E-state index is 11.3. The molecule has 9 nitrogen and oxygen atoms in total. The van der Waals surface area contributed by atoms with Gasteiger partial charge in [0.25, 0.3) is 0 Å². The molecule has 0 unspecified atom stereocenters. The number of aryl methyl sites for hydroxylation is 1. The Hall–Kier alpha value is -1.05. The zero-order chi connectivity index (χ0) is 15.9. The molecule has 1 heterocycles. The number of aromatic amines is 1. The van der Waals surface area contributed by atoms with Crippen LogP contribution >= 0.6 is 15.2 Å². The van der Waals surface area contributed by atoms with Crippen LogP contribution in [0.4, 0.5) is 0 Å². The molecule has 11 heteroatoms. The van der Waals surface area contributed by atoms with Gasteiger partial charge in [-0.3, -0.25) is 9.13 Å². The number of benzene rings is 1. The molecule has 0 saturated heterocycles. The van der Waals surface area contributed by atoms with Crippen molar-refractivity contribution in [1.29, 1.82) is 0 Å². The molecule has 0 atom stereocenters. The third-order valence-corrected chi connectivity index (χ3v) is 7.21. The van der Waals surface area contributed by atoms with E-state index in [4.69, 9.17) is 25.3 Å². The Morgan fingerprint density at radius 3 is 2.24 bits per heavy atom. The minimum atomic E-state index is -5.21. The molecule has 2 aromatic rings. The Morgan fingerprint density at radius 2 is 1.71 bits per heavy atom. The second kappa shape index (κ2) is 5.30. The van der Waals surface area contributed by atoms with Crippen LogP contribution in [0.25, 0.3) is 11.0 Å². The Balaban J connectivity index is 2.27. The van der Waals surface area contributed by atoms with E-state index in [0.29, 0.717) is 16.9 Å². The van der Waals surface area contributed by atoms with Crippen LogP contribution in [-0.2, 0) is 15.6 Å². The first kappa shape index (κ1) is 16.3. The van der Waals surface area contributed by atoms with Crippen LogP contribution in [-0.4, -0.2) is 34.6 Å². The smallest absolute Gasteiger partial charge is 0.342 e. The normalized spacial score (nSPS) is 13.8. The molecule has 116 valence electrons. The van der Waals surface area contributed by atoms with E-state index in [1.165, 1.54) is 0 Å². The van der Waals surface area contributed by atoms with Crippen LogP contribution in [0.2, 0.25) is 0 Å². The minimum Gasteiger partial charge on any atom is -0.342 e. The lowest BCUT2D eigenvalue weighted by Crippen LogP contribution is -2.39. The van der Waals surface area contributed by atoms with Gasteiger partial charge >= 0.3 is 15.2 Å². The average molecular weight is 335 g/mol. The van der Waals surface area contributed by atoms with E-state index < -0.39 is 26.6 Å². The van der Waals surface area contributed by atoms with Gasteiger partial charge in [-0.25, -0.2) is 4.98 Å². The summed E-state index contributed by atoms with van der Waals surface area (Å²) in [6.45, 7) is 0. The highest BCUT2D eigenvalue weighted by atomic mass is 31.2. The molecule has 1 aromatic heterocycles. The molecule has 0 aliphatic heterocycles. The molecule has 0 saturated carbocycles. The van der Waals surface area contributed by atoms with Crippen molar-refractivity contribution in [2.45, 2.75) is 17.9 Å². The molecule has 0 spiro atoms. The van der Waals surface area contributed by atoms with Crippen molar-refractivity contribution in [2.24, 2.45) is 5.73 Å². The Kier molecular flexibility index (Phi) is 4.12. The molecule has 0 aliphatic rings. The summed E-state index contributed by atoms with van der Waals surface area (Å²) in [5.41, 5.74) is 6.68. The molecule has 1 aromatic carbocycles. The van der Waals surface area contributed by atoms with Gasteiger partial charge in [0.2, 0.25) is 5.02 Å². The van der Waals surface area contributed by atoms with E-state index in [0.717, 1.165) is 0 Å². The number of imidazole rings is 1. The number of nitrogens with zero attached hydrogens (tertiary/aromatic N) is 1. The largest absolute Gasteiger partial charge is 0.357 e. The number of rotatable bonds is 5. The summed E-state index contributed by atoms with van der Waals surface area (Å²) in [4.78, 5) is 43.7. The average Bonchev–Trinajstić information content (AvgIpc) is 2.75. The van der Waals surface area contributed by atoms with Crippen LogP contribution in [0.15, 0.2) is 24.3 Å². The van der Waals surface area contributed by atoms with Gasteiger partial charge in [-0.1, -0.05) is 12.1 Å². The van der Waals surface area contributed by atoms with E-state index in [1.807, 2.05) is 0 Å². The summed E-state index contributed by atoms with van der Waals surface area (Å²) < 4.78 is 22.7. The summed E-state index contributed by atoms with van der Waals surface area (Å²) in [6, 6.07) is 7.04. The first-order chi connectivity index (χ1) is 9.54. The highest BCUT2D eigenvalue weighted by Gasteiger charge is 2.56. The lowest BCUT2D eigenvalue weighted by Gasteiger charge is -2.30. The zero-order valence-electron chi connectivity index (χ0n) is 10.7. The second-order valence-electron chi connectivity index (χ2n) is 4.67. The summed E-state index contributed by atoms with van der Waals surface area (Å²) in [5.74, 6) is 0.341. The van der Waals surface area contributed by atoms with E-state index in [1.54, 1.807) is 24.3 Å². The fourth-order valence-corrected chi connectivity index (χ4v) is 4.05. The number of fused-ring (bicyclic) bond motifs is 1. The first-order valence-corrected chi connectivity index (χ1v) is 9.11. The standard InChI is InChI=1S/C10H15N3O6P2/c11-10(20(14,15)16,21(17,18)19)6-5-9-12-7-3-1-2-4-8(7)13-9/h1-4H,5-6,11H2,(H,12,13)(H2,14,15,16)(H2,17,18,19). The highest BCUT2D eigenvalue weighted by molar-refractivity contribution is 7.72. The SMILES string of the molecule is NC(CCc1nc2ccccc2[nH]1)(P(=O)(O)O)P(=O)(O)O. The van der Waals surface area contributed by atoms with Crippen molar-refractivity contribution in [3.63, 3.8) is 0 Å². The molecule has 2 rings (SSSR count).